The van der Waals surface area contributed by atoms with E-state index in [1.165, 1.54) is 94.6 Å². The van der Waals surface area contributed by atoms with Crippen molar-refractivity contribution < 1.29 is 86.2 Å². The lowest BCUT2D eigenvalue weighted by atomic mass is 9.43. The Kier molecular flexibility index (Phi) is 31.7. The summed E-state index contributed by atoms with van der Waals surface area (Å²) < 4.78 is 43.9. The third kappa shape index (κ3) is 26.1. The molecule has 1 heterocycles. The van der Waals surface area contributed by atoms with Gasteiger partial charge in [0.15, 0.2) is 5.92 Å². The van der Waals surface area contributed by atoms with Crippen LogP contribution < -0.4 is 0 Å². The molecular formula is C121H186O18. The predicted molar refractivity (Wildman–Crippen MR) is 543 cm³/mol. The maximum atomic E-state index is 13.1. The van der Waals surface area contributed by atoms with Crippen LogP contribution >= 0.6 is 0 Å². The van der Waals surface area contributed by atoms with Crippen LogP contribution in [-0.4, -0.2) is 117 Å². The van der Waals surface area contributed by atoms with Gasteiger partial charge >= 0.3 is 47.8 Å². The monoisotopic (exact) mass is 1930 g/mol. The molecule has 25 fully saturated rings. The predicted octanol–water partition coefficient (Wildman–Crippen LogP) is 26.2. The molecule has 11 atom stereocenters. The van der Waals surface area contributed by atoms with Crippen molar-refractivity contribution in [3.8, 4) is 0 Å². The number of ether oxygens (including phenoxy) is 8. The lowest BCUT2D eigenvalue weighted by Gasteiger charge is -2.61. The Balaban J connectivity index is 0.000000130. The molecule has 24 saturated carbocycles. The Morgan fingerprint density at radius 2 is 0.547 bits per heavy atom. The first-order valence-electron chi connectivity index (χ1n) is 55.3. The van der Waals surface area contributed by atoms with Crippen LogP contribution in [0, 0.1) is 165 Å². The molecule has 2 aromatic carbocycles. The number of carbonyl (C=O) groups is 9. The number of ketones is 1. The SMILES string of the molecule is CC.CC(C)(C)COC(=O)C12CC3CC(C1)C(=O)C(C3)C2.CC(C)(C)COC(=O)C12CC3CC(C1)CC(c1ccccc1)(C3)C2.CC(C)(C)COC(=O)C12CC3CC(C1)CC(c1ccccc1)(C3)C2.CC(C)(C)COC(=O)C12CC3CC(CC(C)(C3)C1)C2.CC(C)(C)COC(=O)C12CC3CC(CC(C3)C1)C2.CC(C)(C)COC(=O)C12CC3CC(CC(O)(C3)C1)C2.CC(C)(C)COC(=O)C1CCOC1=O. The van der Waals surface area contributed by atoms with Crippen molar-refractivity contribution in [3.05, 3.63) is 71.8 Å². The summed E-state index contributed by atoms with van der Waals surface area (Å²) in [7, 11) is 0. The number of Topliss-reactive ketones (excluding diaryl/α,β-unsaturated/α-hetero) is 1. The fraction of sp³-hybridized carbons (Fsp3) is 0.826. The Hall–Kier alpha value is -6.17. The third-order valence-corrected chi connectivity index (χ3v) is 35.6. The Morgan fingerprint density at radius 3 is 0.827 bits per heavy atom. The van der Waals surface area contributed by atoms with E-state index >= 15 is 0 Å². The smallest absolute Gasteiger partial charge is 0.320 e. The van der Waals surface area contributed by atoms with E-state index in [1.54, 1.807) is 0 Å². The first kappa shape index (κ1) is 109. The molecule has 0 radical (unpaired) electrons. The molecular weight excluding hydrogens is 1740 g/mol. The fourth-order valence-corrected chi connectivity index (χ4v) is 32.7. The van der Waals surface area contributed by atoms with E-state index in [2.05, 4.69) is 197 Å². The molecule has 1 saturated heterocycles. The van der Waals surface area contributed by atoms with Gasteiger partial charge in [-0.05, 0) is 361 Å². The highest BCUT2D eigenvalue weighted by Crippen LogP contribution is 2.71. The molecule has 11 unspecified atom stereocenters. The number of benzene rings is 2. The first-order valence-corrected chi connectivity index (χ1v) is 55.3. The Bertz CT molecular complexity index is 4350. The number of aliphatic hydroxyl groups is 1. The van der Waals surface area contributed by atoms with Crippen molar-refractivity contribution >= 4 is 53.5 Å². The molecule has 18 nitrogen and oxygen atoms in total. The maximum absolute atomic E-state index is 13.1. The Morgan fingerprint density at radius 1 is 0.302 bits per heavy atom. The summed E-state index contributed by atoms with van der Waals surface area (Å²) in [5, 5.41) is 10.6. The summed E-state index contributed by atoms with van der Waals surface area (Å²) in [6.07, 6.45) is 39.2. The molecule has 1 aliphatic heterocycles. The molecule has 0 aromatic heterocycles. The van der Waals surface area contributed by atoms with E-state index in [-0.39, 0.29) is 129 Å². The summed E-state index contributed by atoms with van der Waals surface area (Å²) in [5.74, 6) is 7.93. The number of hydrogen-bond donors (Lipinski definition) is 1. The van der Waals surface area contributed by atoms with Gasteiger partial charge in [-0.2, -0.15) is 0 Å². The standard InChI is InChI=1S/2C22H30O2.C17H28O2.C16H26O3.C16H24O3.C16H26O2.C10H16O4.C2H6/c2*1-20(2,3)15-24-19(23)22-12-16-9-17(13-22)11-21(10-16,14-22)18-7-5-4-6-8-18;1-15(2,3)11-19-14(18)17-8-12-5-13(9-17)7-16(4,6-12)10-17;1-14(2,3)10-19-13(17)15-5-11-4-12(6-15)8-16(18,7-11)9-15;1-15(2,3)9-19-14(18)16-6-10-4-11(7-16)13(17)12(5-10)8-16;1-15(2,3)10-18-14(17)16-7-11-4-12(8-16)6-13(5-11)9-16;1-10(2,3)6-14-9(12)7-4-5-13-8(7)11;1-2/h2*4-8,16-17H,9-15H2,1-3H3;12-13H,5-11H2,1-4H3;11-12,18H,4-10H2,1-3H3;10-12H,4-9H2,1-3H3;11-13H,4-10H2,1-3H3;7H,4-6H2,1-3H3;1-2H3. The van der Waals surface area contributed by atoms with Crippen molar-refractivity contribution in [1.82, 2.24) is 0 Å². The molecule has 18 heteroatoms. The van der Waals surface area contributed by atoms with E-state index < -0.39 is 23.5 Å². The zero-order valence-corrected chi connectivity index (χ0v) is 90.9. The van der Waals surface area contributed by atoms with E-state index in [4.69, 9.17) is 33.2 Å². The molecule has 778 valence electrons. The van der Waals surface area contributed by atoms with Gasteiger partial charge < -0.3 is 43.0 Å². The highest BCUT2D eigenvalue weighted by Gasteiger charge is 2.67. The van der Waals surface area contributed by atoms with Crippen LogP contribution in [0.15, 0.2) is 60.7 Å². The quantitative estimate of drug-likeness (QED) is 0.0932. The normalized spacial score (nSPS) is 38.3. The average molecular weight is 1930 g/mol. The molecule has 27 rings (SSSR count). The van der Waals surface area contributed by atoms with Crippen LogP contribution in [0.4, 0.5) is 0 Å². The van der Waals surface area contributed by atoms with Crippen LogP contribution in [-0.2, 0) is 91.9 Å². The molecule has 24 bridgehead atoms. The number of cyclic esters (lactones) is 1. The highest BCUT2D eigenvalue weighted by atomic mass is 16.6. The van der Waals surface area contributed by atoms with Gasteiger partial charge in [-0.25, -0.2) is 0 Å². The molecule has 139 heavy (non-hydrogen) atoms. The van der Waals surface area contributed by atoms with Gasteiger partial charge in [-0.1, -0.05) is 227 Å². The van der Waals surface area contributed by atoms with Gasteiger partial charge in [0.05, 0.1) is 90.9 Å². The van der Waals surface area contributed by atoms with Gasteiger partial charge in [0.25, 0.3) is 0 Å². The van der Waals surface area contributed by atoms with Gasteiger partial charge in [-0.15, -0.1) is 0 Å². The average Bonchev–Trinajstić information content (AvgIpc) is 0.767. The van der Waals surface area contributed by atoms with Crippen LogP contribution in [0.1, 0.15) is 408 Å². The van der Waals surface area contributed by atoms with Crippen molar-refractivity contribution in [3.63, 3.8) is 0 Å². The summed E-state index contributed by atoms with van der Waals surface area (Å²) in [6, 6.07) is 21.9. The van der Waals surface area contributed by atoms with Gasteiger partial charge in [-0.3, -0.25) is 43.2 Å². The van der Waals surface area contributed by atoms with E-state index in [9.17, 15) is 48.3 Å². The molecule has 24 aliphatic carbocycles. The summed E-state index contributed by atoms with van der Waals surface area (Å²) >= 11 is 0. The molecule has 0 amide bonds. The second-order valence-electron chi connectivity index (χ2n) is 59.0. The number of hydrogen-bond acceptors (Lipinski definition) is 18. The summed E-state index contributed by atoms with van der Waals surface area (Å²) in [4.78, 5) is 111. The van der Waals surface area contributed by atoms with Crippen molar-refractivity contribution in [2.45, 2.75) is 414 Å². The van der Waals surface area contributed by atoms with E-state index in [0.717, 1.165) is 164 Å². The summed E-state index contributed by atoms with van der Waals surface area (Å²) in [6.45, 7) is 54.1. The molecule has 25 aliphatic rings. The van der Waals surface area contributed by atoms with Crippen LogP contribution in [0.2, 0.25) is 0 Å². The fourth-order valence-electron chi connectivity index (χ4n) is 32.7. The van der Waals surface area contributed by atoms with Crippen molar-refractivity contribution in [2.75, 3.05) is 52.9 Å². The molecule has 0 spiro atoms. The maximum Gasteiger partial charge on any atom is 0.320 e. The largest absolute Gasteiger partial charge is 0.465 e. The minimum absolute atomic E-state index is 0.00771. The van der Waals surface area contributed by atoms with E-state index in [1.807, 2.05) is 34.6 Å². The van der Waals surface area contributed by atoms with E-state index in [0.29, 0.717) is 118 Å². The van der Waals surface area contributed by atoms with Gasteiger partial charge in [0.2, 0.25) is 0 Å². The zero-order chi connectivity index (χ0) is 101. The highest BCUT2D eigenvalue weighted by molar-refractivity contribution is 5.96. The summed E-state index contributed by atoms with van der Waals surface area (Å²) in [5.41, 5.74) is 2.01. The lowest BCUT2D eigenvalue weighted by molar-refractivity contribution is -0.197. The second kappa shape index (κ2) is 40.6. The number of esters is 8. The van der Waals surface area contributed by atoms with Crippen LogP contribution in [0.25, 0.3) is 0 Å². The number of carbonyl (C=O) groups excluding carboxylic acids is 9. The zero-order valence-electron chi connectivity index (χ0n) is 90.9. The number of rotatable bonds is 16. The minimum atomic E-state index is -0.697. The second-order valence-corrected chi connectivity index (χ2v) is 59.0. The van der Waals surface area contributed by atoms with Gasteiger partial charge in [0, 0.05) is 18.3 Å². The topological polar surface area (TPSA) is 248 Å². The Labute approximate surface area is 837 Å². The van der Waals surface area contributed by atoms with Crippen LogP contribution in [0.3, 0.4) is 0 Å². The third-order valence-electron chi connectivity index (χ3n) is 35.6. The molecule has 1 N–H and O–H groups in total. The van der Waals surface area contributed by atoms with Crippen molar-refractivity contribution in [2.24, 2.45) is 165 Å². The van der Waals surface area contributed by atoms with Crippen molar-refractivity contribution in [1.29, 1.82) is 0 Å². The molecule has 2 aromatic rings. The van der Waals surface area contributed by atoms with Crippen LogP contribution in [0.5, 0.6) is 0 Å². The van der Waals surface area contributed by atoms with Gasteiger partial charge in [0.1, 0.15) is 5.78 Å². The minimum Gasteiger partial charge on any atom is -0.465 e. The first-order chi connectivity index (χ1) is 64.6. The lowest BCUT2D eigenvalue weighted by Crippen LogP contribution is -2.58.